The van der Waals surface area contributed by atoms with Crippen molar-refractivity contribution < 1.29 is 14.3 Å². The van der Waals surface area contributed by atoms with Crippen molar-refractivity contribution in [3.8, 4) is 5.75 Å². The predicted molar refractivity (Wildman–Crippen MR) is 106 cm³/mol. The number of rotatable bonds is 5. The Balaban J connectivity index is 1.56. The third-order valence-electron chi connectivity index (χ3n) is 4.90. The first-order valence-electron chi connectivity index (χ1n) is 9.40. The van der Waals surface area contributed by atoms with Gasteiger partial charge in [0.2, 0.25) is 0 Å². The average molecular weight is 366 g/mol. The number of hydrogen-bond acceptors (Lipinski definition) is 3. The number of benzene rings is 2. The van der Waals surface area contributed by atoms with Gasteiger partial charge in [-0.2, -0.15) is 0 Å². The number of carbonyl (C=O) groups is 2. The molecule has 2 aromatic rings. The first kappa shape index (κ1) is 19.0. The summed E-state index contributed by atoms with van der Waals surface area (Å²) in [6, 6.07) is 14.7. The van der Waals surface area contributed by atoms with Gasteiger partial charge in [-0.05, 0) is 62.6 Å². The second-order valence-electron chi connectivity index (χ2n) is 6.95. The van der Waals surface area contributed by atoms with Gasteiger partial charge in [0.05, 0.1) is 0 Å². The fourth-order valence-electron chi connectivity index (χ4n) is 3.15. The third kappa shape index (κ3) is 4.88. The normalized spacial score (nSPS) is 13.9. The van der Waals surface area contributed by atoms with Crippen LogP contribution in [0.4, 0.5) is 5.69 Å². The van der Waals surface area contributed by atoms with Crippen LogP contribution < -0.4 is 9.64 Å². The molecule has 1 saturated heterocycles. The summed E-state index contributed by atoms with van der Waals surface area (Å²) >= 11 is 0. The van der Waals surface area contributed by atoms with Gasteiger partial charge in [0.25, 0.3) is 11.8 Å². The zero-order valence-electron chi connectivity index (χ0n) is 16.0. The summed E-state index contributed by atoms with van der Waals surface area (Å²) < 4.78 is 5.62. The van der Waals surface area contributed by atoms with Crippen molar-refractivity contribution in [2.75, 3.05) is 31.6 Å². The van der Waals surface area contributed by atoms with Gasteiger partial charge in [0.1, 0.15) is 5.75 Å². The van der Waals surface area contributed by atoms with Gasteiger partial charge in [-0.15, -0.1) is 0 Å². The van der Waals surface area contributed by atoms with E-state index < -0.39 is 0 Å². The first-order chi connectivity index (χ1) is 13.0. The molecule has 5 heteroatoms. The van der Waals surface area contributed by atoms with E-state index in [-0.39, 0.29) is 18.4 Å². The summed E-state index contributed by atoms with van der Waals surface area (Å²) in [5.74, 6) is 0.592. The van der Waals surface area contributed by atoms with Crippen molar-refractivity contribution in [1.82, 2.24) is 4.90 Å². The van der Waals surface area contributed by atoms with Crippen molar-refractivity contribution in [2.24, 2.45) is 0 Å². The maximum absolute atomic E-state index is 12.6. The van der Waals surface area contributed by atoms with E-state index >= 15 is 0 Å². The second-order valence-corrected chi connectivity index (χ2v) is 6.95. The van der Waals surface area contributed by atoms with Crippen LogP contribution in [0.3, 0.4) is 0 Å². The summed E-state index contributed by atoms with van der Waals surface area (Å²) in [6.45, 7) is 3.70. The van der Waals surface area contributed by atoms with Gasteiger partial charge in [0.15, 0.2) is 6.61 Å². The molecule has 0 radical (unpaired) electrons. The Labute approximate surface area is 160 Å². The number of ether oxygens (including phenoxy) is 1. The van der Waals surface area contributed by atoms with Crippen molar-refractivity contribution in [3.05, 3.63) is 59.7 Å². The predicted octanol–water partition coefficient (Wildman–Crippen LogP) is 3.66. The molecule has 0 bridgehead atoms. The van der Waals surface area contributed by atoms with Gasteiger partial charge >= 0.3 is 0 Å². The van der Waals surface area contributed by atoms with E-state index in [9.17, 15) is 9.59 Å². The Morgan fingerprint density at radius 1 is 0.963 bits per heavy atom. The lowest BCUT2D eigenvalue weighted by Gasteiger charge is -2.26. The standard InChI is InChI=1S/C22H26N2O3/c1-17-6-8-18(9-7-17)22(26)23(2)19-10-12-20(13-11-19)27-16-21(25)24-14-4-3-5-15-24/h6-13H,3-5,14-16H2,1-2H3. The molecule has 1 aliphatic rings. The molecule has 0 N–H and O–H groups in total. The van der Waals surface area contributed by atoms with E-state index in [1.165, 1.54) is 6.42 Å². The molecule has 0 spiro atoms. The largest absolute Gasteiger partial charge is 0.484 e. The maximum atomic E-state index is 12.6. The molecule has 2 aromatic carbocycles. The molecule has 0 aromatic heterocycles. The average Bonchev–Trinajstić information content (AvgIpc) is 2.72. The SMILES string of the molecule is Cc1ccc(C(=O)N(C)c2ccc(OCC(=O)N3CCCCC3)cc2)cc1. The minimum Gasteiger partial charge on any atom is -0.484 e. The molecule has 27 heavy (non-hydrogen) atoms. The summed E-state index contributed by atoms with van der Waals surface area (Å²) in [5.41, 5.74) is 2.54. The molecular weight excluding hydrogens is 340 g/mol. The van der Waals surface area contributed by atoms with Gasteiger partial charge in [-0.25, -0.2) is 0 Å². The van der Waals surface area contributed by atoms with Crippen LogP contribution >= 0.6 is 0 Å². The molecule has 0 saturated carbocycles. The van der Waals surface area contributed by atoms with Gasteiger partial charge in [-0.3, -0.25) is 9.59 Å². The van der Waals surface area contributed by atoms with Crippen LogP contribution in [0.5, 0.6) is 5.75 Å². The van der Waals surface area contributed by atoms with Crippen LogP contribution in [-0.2, 0) is 4.79 Å². The number of anilines is 1. The minimum absolute atomic E-state index is 0.0328. The lowest BCUT2D eigenvalue weighted by atomic mass is 10.1. The first-order valence-corrected chi connectivity index (χ1v) is 9.40. The molecule has 0 atom stereocenters. The van der Waals surface area contributed by atoms with Crippen LogP contribution in [0.1, 0.15) is 35.2 Å². The highest BCUT2D eigenvalue weighted by molar-refractivity contribution is 6.05. The van der Waals surface area contributed by atoms with E-state index in [1.807, 2.05) is 48.2 Å². The highest BCUT2D eigenvalue weighted by Gasteiger charge is 2.17. The molecule has 142 valence electrons. The molecule has 1 aliphatic heterocycles. The maximum Gasteiger partial charge on any atom is 0.260 e. The fourth-order valence-corrected chi connectivity index (χ4v) is 3.15. The van der Waals surface area contributed by atoms with Crippen LogP contribution in [0.25, 0.3) is 0 Å². The lowest BCUT2D eigenvalue weighted by molar-refractivity contribution is -0.134. The number of amides is 2. The second kappa shape index (κ2) is 8.71. The zero-order valence-corrected chi connectivity index (χ0v) is 16.0. The zero-order chi connectivity index (χ0) is 19.2. The van der Waals surface area contributed by atoms with Crippen molar-refractivity contribution >= 4 is 17.5 Å². The lowest BCUT2D eigenvalue weighted by Crippen LogP contribution is -2.38. The monoisotopic (exact) mass is 366 g/mol. The van der Waals surface area contributed by atoms with Crippen molar-refractivity contribution in [3.63, 3.8) is 0 Å². The molecule has 5 nitrogen and oxygen atoms in total. The van der Waals surface area contributed by atoms with Crippen molar-refractivity contribution in [1.29, 1.82) is 0 Å². The fraction of sp³-hybridized carbons (Fsp3) is 0.364. The molecule has 0 unspecified atom stereocenters. The number of carbonyl (C=O) groups excluding carboxylic acids is 2. The summed E-state index contributed by atoms with van der Waals surface area (Å²) in [4.78, 5) is 28.2. The number of nitrogens with zero attached hydrogens (tertiary/aromatic N) is 2. The molecule has 1 heterocycles. The van der Waals surface area contributed by atoms with E-state index in [0.717, 1.165) is 37.2 Å². The van der Waals surface area contributed by atoms with Crippen LogP contribution in [0, 0.1) is 6.92 Å². The topological polar surface area (TPSA) is 49.9 Å². The quantitative estimate of drug-likeness (QED) is 0.811. The molecule has 0 aliphatic carbocycles. The Morgan fingerprint density at radius 3 is 2.22 bits per heavy atom. The molecular formula is C22H26N2O3. The highest BCUT2D eigenvalue weighted by atomic mass is 16.5. The van der Waals surface area contributed by atoms with Crippen LogP contribution in [0.2, 0.25) is 0 Å². The Morgan fingerprint density at radius 2 is 1.59 bits per heavy atom. The van der Waals surface area contributed by atoms with E-state index in [4.69, 9.17) is 4.74 Å². The van der Waals surface area contributed by atoms with E-state index in [1.54, 1.807) is 24.1 Å². The summed E-state index contributed by atoms with van der Waals surface area (Å²) in [7, 11) is 1.75. The third-order valence-corrected chi connectivity index (χ3v) is 4.90. The van der Waals surface area contributed by atoms with Crippen molar-refractivity contribution in [2.45, 2.75) is 26.2 Å². The number of likely N-dealkylation sites (tertiary alicyclic amines) is 1. The molecule has 1 fully saturated rings. The van der Waals surface area contributed by atoms with Crippen LogP contribution in [-0.4, -0.2) is 43.5 Å². The summed E-state index contributed by atoms with van der Waals surface area (Å²) in [6.07, 6.45) is 3.34. The van der Waals surface area contributed by atoms with Gasteiger partial charge in [0, 0.05) is 31.4 Å². The number of piperidine rings is 1. The number of aryl methyl sites for hydroxylation is 1. The molecule has 2 amide bonds. The Kier molecular flexibility index (Phi) is 6.12. The van der Waals surface area contributed by atoms with E-state index in [0.29, 0.717) is 11.3 Å². The van der Waals surface area contributed by atoms with E-state index in [2.05, 4.69) is 0 Å². The Hall–Kier alpha value is -2.82. The molecule has 3 rings (SSSR count). The van der Waals surface area contributed by atoms with Gasteiger partial charge in [-0.1, -0.05) is 17.7 Å². The highest BCUT2D eigenvalue weighted by Crippen LogP contribution is 2.20. The minimum atomic E-state index is -0.0658. The Bertz CT molecular complexity index is 778. The van der Waals surface area contributed by atoms with Gasteiger partial charge < -0.3 is 14.5 Å². The van der Waals surface area contributed by atoms with Crippen LogP contribution in [0.15, 0.2) is 48.5 Å². The smallest absolute Gasteiger partial charge is 0.260 e. The number of hydrogen-bond donors (Lipinski definition) is 0. The summed E-state index contributed by atoms with van der Waals surface area (Å²) in [5, 5.41) is 0.